The van der Waals surface area contributed by atoms with Gasteiger partial charge in [-0.3, -0.25) is 0 Å². The van der Waals surface area contributed by atoms with Gasteiger partial charge in [-0.1, -0.05) is 26.2 Å². The van der Waals surface area contributed by atoms with E-state index in [2.05, 4.69) is 19.2 Å². The summed E-state index contributed by atoms with van der Waals surface area (Å²) in [6.07, 6.45) is 11.0. The maximum absolute atomic E-state index is 5.63. The minimum Gasteiger partial charge on any atom is -0.383 e. The highest BCUT2D eigenvalue weighted by Gasteiger charge is 2.34. The maximum atomic E-state index is 5.63. The van der Waals surface area contributed by atoms with Gasteiger partial charge >= 0.3 is 0 Å². The monoisotopic (exact) mass is 299 g/mol. The zero-order chi connectivity index (χ0) is 15.4. The van der Waals surface area contributed by atoms with Crippen molar-refractivity contribution in [3.05, 3.63) is 0 Å². The molecule has 3 nitrogen and oxygen atoms in total. The summed E-state index contributed by atoms with van der Waals surface area (Å²) in [4.78, 5) is 0. The summed E-state index contributed by atoms with van der Waals surface area (Å²) in [5, 5.41) is 3.60. The second kappa shape index (κ2) is 11.4. The molecule has 3 heteroatoms. The Hall–Kier alpha value is -0.120. The molecule has 1 aliphatic carbocycles. The average molecular weight is 299 g/mol. The van der Waals surface area contributed by atoms with E-state index < -0.39 is 0 Å². The minimum absolute atomic E-state index is 0.464. The van der Waals surface area contributed by atoms with Crippen LogP contribution in [0.2, 0.25) is 0 Å². The van der Waals surface area contributed by atoms with E-state index in [4.69, 9.17) is 9.47 Å². The molecular formula is C18H37NO2. The summed E-state index contributed by atoms with van der Waals surface area (Å²) < 4.78 is 10.8. The quantitative estimate of drug-likeness (QED) is 0.552. The minimum atomic E-state index is 0.464. The lowest BCUT2D eigenvalue weighted by atomic mass is 9.67. The number of nitrogens with one attached hydrogen (secondary N) is 1. The molecule has 1 rings (SSSR count). The maximum Gasteiger partial charge on any atom is 0.0587 e. The van der Waals surface area contributed by atoms with E-state index in [1.807, 2.05) is 0 Å². The Morgan fingerprint density at radius 2 is 1.90 bits per heavy atom. The molecule has 0 bridgehead atoms. The first-order valence-corrected chi connectivity index (χ1v) is 9.03. The first kappa shape index (κ1) is 18.9. The first-order valence-electron chi connectivity index (χ1n) is 9.03. The molecule has 1 N–H and O–H groups in total. The summed E-state index contributed by atoms with van der Waals surface area (Å²) in [7, 11) is 1.77. The van der Waals surface area contributed by atoms with E-state index in [0.717, 1.165) is 38.8 Å². The van der Waals surface area contributed by atoms with Crippen LogP contribution in [0.5, 0.6) is 0 Å². The Bertz CT molecular complexity index is 237. The third-order valence-electron chi connectivity index (χ3n) is 5.10. The molecule has 0 saturated heterocycles. The second-order valence-corrected chi connectivity index (χ2v) is 6.70. The molecule has 0 aliphatic heterocycles. The van der Waals surface area contributed by atoms with Crippen LogP contribution in [-0.4, -0.2) is 40.0 Å². The van der Waals surface area contributed by atoms with Crippen molar-refractivity contribution in [2.24, 2.45) is 11.3 Å². The highest BCUT2D eigenvalue weighted by molar-refractivity contribution is 4.87. The molecule has 0 unspecified atom stereocenters. The molecule has 0 aromatic rings. The largest absolute Gasteiger partial charge is 0.383 e. The number of unbranched alkanes of at least 4 members (excludes halogenated alkanes) is 1. The van der Waals surface area contributed by atoms with Crippen molar-refractivity contribution in [2.75, 3.05) is 40.0 Å². The molecule has 0 heterocycles. The van der Waals surface area contributed by atoms with Crippen LogP contribution < -0.4 is 5.32 Å². The topological polar surface area (TPSA) is 30.5 Å². The van der Waals surface area contributed by atoms with E-state index in [0.29, 0.717) is 5.41 Å². The van der Waals surface area contributed by atoms with E-state index in [-0.39, 0.29) is 0 Å². The standard InChI is InChI=1S/C18H37NO2/c1-4-6-7-17-8-10-18(11-9-17,12-14-21-5-2)16-19-13-15-20-3/h17,19H,4-16H2,1-3H3. The zero-order valence-electron chi connectivity index (χ0n) is 14.6. The second-order valence-electron chi connectivity index (χ2n) is 6.70. The van der Waals surface area contributed by atoms with Crippen LogP contribution in [-0.2, 0) is 9.47 Å². The Labute approximate surface area is 132 Å². The normalized spacial score (nSPS) is 26.1. The molecule has 1 fully saturated rings. The molecule has 126 valence electrons. The summed E-state index contributed by atoms with van der Waals surface area (Å²) in [6, 6.07) is 0. The third kappa shape index (κ3) is 7.62. The predicted molar refractivity (Wildman–Crippen MR) is 89.8 cm³/mol. The van der Waals surface area contributed by atoms with Crippen LogP contribution >= 0.6 is 0 Å². The van der Waals surface area contributed by atoms with Crippen LogP contribution in [0.25, 0.3) is 0 Å². The van der Waals surface area contributed by atoms with Crippen LogP contribution in [0.4, 0.5) is 0 Å². The molecule has 0 aromatic carbocycles. The van der Waals surface area contributed by atoms with E-state index >= 15 is 0 Å². The van der Waals surface area contributed by atoms with Crippen molar-refractivity contribution in [2.45, 2.75) is 65.2 Å². The summed E-state index contributed by atoms with van der Waals surface area (Å²) in [5.74, 6) is 0.976. The molecule has 0 spiro atoms. The number of methoxy groups -OCH3 is 1. The summed E-state index contributed by atoms with van der Waals surface area (Å²) >= 11 is 0. The van der Waals surface area contributed by atoms with Crippen molar-refractivity contribution >= 4 is 0 Å². The van der Waals surface area contributed by atoms with E-state index in [1.54, 1.807) is 7.11 Å². The highest BCUT2D eigenvalue weighted by Crippen LogP contribution is 2.42. The van der Waals surface area contributed by atoms with Gasteiger partial charge in [0.1, 0.15) is 0 Å². The molecule has 0 radical (unpaired) electrons. The fourth-order valence-corrected chi connectivity index (χ4v) is 3.55. The van der Waals surface area contributed by atoms with Gasteiger partial charge in [0.2, 0.25) is 0 Å². The van der Waals surface area contributed by atoms with Gasteiger partial charge in [-0.2, -0.15) is 0 Å². The SMILES string of the molecule is CCCCC1CCC(CCOCC)(CNCCOC)CC1. The van der Waals surface area contributed by atoms with Gasteiger partial charge in [0.15, 0.2) is 0 Å². The predicted octanol–water partition coefficient (Wildman–Crippen LogP) is 4.02. The lowest BCUT2D eigenvalue weighted by Crippen LogP contribution is -2.39. The Kier molecular flexibility index (Phi) is 10.3. The van der Waals surface area contributed by atoms with Gasteiger partial charge < -0.3 is 14.8 Å². The molecule has 0 amide bonds. The molecule has 1 saturated carbocycles. The van der Waals surface area contributed by atoms with Crippen LogP contribution in [0.3, 0.4) is 0 Å². The van der Waals surface area contributed by atoms with Gasteiger partial charge in [0, 0.05) is 33.4 Å². The average Bonchev–Trinajstić information content (AvgIpc) is 2.51. The summed E-state index contributed by atoms with van der Waals surface area (Å²) in [6.45, 7) is 9.05. The van der Waals surface area contributed by atoms with Gasteiger partial charge in [-0.15, -0.1) is 0 Å². The van der Waals surface area contributed by atoms with Gasteiger partial charge in [0.25, 0.3) is 0 Å². The molecule has 0 aromatic heterocycles. The smallest absolute Gasteiger partial charge is 0.0587 e. The third-order valence-corrected chi connectivity index (χ3v) is 5.10. The van der Waals surface area contributed by atoms with Gasteiger partial charge in [-0.25, -0.2) is 0 Å². The first-order chi connectivity index (χ1) is 10.3. The lowest BCUT2D eigenvalue weighted by Gasteiger charge is -2.41. The molecule has 21 heavy (non-hydrogen) atoms. The van der Waals surface area contributed by atoms with Crippen LogP contribution in [0.15, 0.2) is 0 Å². The Morgan fingerprint density at radius 1 is 1.14 bits per heavy atom. The van der Waals surface area contributed by atoms with Crippen LogP contribution in [0, 0.1) is 11.3 Å². The van der Waals surface area contributed by atoms with Crippen molar-refractivity contribution in [1.29, 1.82) is 0 Å². The van der Waals surface area contributed by atoms with Crippen molar-refractivity contribution in [3.63, 3.8) is 0 Å². The van der Waals surface area contributed by atoms with E-state index in [1.165, 1.54) is 51.4 Å². The lowest BCUT2D eigenvalue weighted by molar-refractivity contribution is 0.0646. The highest BCUT2D eigenvalue weighted by atomic mass is 16.5. The van der Waals surface area contributed by atoms with Crippen molar-refractivity contribution in [3.8, 4) is 0 Å². The number of hydrogen-bond acceptors (Lipinski definition) is 3. The fraction of sp³-hybridized carbons (Fsp3) is 1.00. The number of rotatable bonds is 12. The van der Waals surface area contributed by atoms with Gasteiger partial charge in [0.05, 0.1) is 6.61 Å². The molecule has 1 aliphatic rings. The van der Waals surface area contributed by atoms with Crippen molar-refractivity contribution in [1.82, 2.24) is 5.32 Å². The fourth-order valence-electron chi connectivity index (χ4n) is 3.55. The number of ether oxygens (including phenoxy) is 2. The molecular weight excluding hydrogens is 262 g/mol. The Morgan fingerprint density at radius 3 is 2.52 bits per heavy atom. The van der Waals surface area contributed by atoms with Crippen molar-refractivity contribution < 1.29 is 9.47 Å². The zero-order valence-corrected chi connectivity index (χ0v) is 14.6. The number of hydrogen-bond donors (Lipinski definition) is 1. The van der Waals surface area contributed by atoms with Crippen LogP contribution in [0.1, 0.15) is 65.2 Å². The Balaban J connectivity index is 2.38. The summed E-state index contributed by atoms with van der Waals surface area (Å²) in [5.41, 5.74) is 0.464. The molecule has 0 atom stereocenters. The van der Waals surface area contributed by atoms with Gasteiger partial charge in [-0.05, 0) is 50.4 Å². The van der Waals surface area contributed by atoms with E-state index in [9.17, 15) is 0 Å².